The maximum atomic E-state index is 5.14. The van der Waals surface area contributed by atoms with Crippen LogP contribution >= 0.6 is 11.8 Å². The average molecular weight is 259 g/mol. The fourth-order valence-electron chi connectivity index (χ4n) is 2.37. The zero-order valence-electron chi connectivity index (χ0n) is 11.5. The normalized spacial score (nSPS) is 18.7. The molecule has 0 amide bonds. The van der Waals surface area contributed by atoms with Crippen LogP contribution in [0.5, 0.6) is 0 Å². The topological polar surface area (TPSA) is 21.3 Å². The highest BCUT2D eigenvalue weighted by molar-refractivity contribution is 7.99. The van der Waals surface area contributed by atoms with Crippen LogP contribution in [0.1, 0.15) is 51.9 Å². The minimum absolute atomic E-state index is 0.690. The SMILES string of the molecule is CCCNC(CCCOC)CSC1CCCC1. The Morgan fingerprint density at radius 3 is 2.76 bits per heavy atom. The molecule has 0 aromatic carbocycles. The van der Waals surface area contributed by atoms with Gasteiger partial charge in [-0.1, -0.05) is 19.8 Å². The first-order chi connectivity index (χ1) is 8.36. The van der Waals surface area contributed by atoms with Crippen molar-refractivity contribution in [2.75, 3.05) is 26.0 Å². The Bertz CT molecular complexity index is 172. The number of hydrogen-bond donors (Lipinski definition) is 1. The molecule has 0 spiro atoms. The molecule has 0 aliphatic heterocycles. The Kier molecular flexibility index (Phi) is 9.21. The molecule has 0 heterocycles. The predicted octanol–water partition coefficient (Wildman–Crippen LogP) is 3.46. The molecule has 1 saturated carbocycles. The number of ether oxygens (including phenoxy) is 1. The van der Waals surface area contributed by atoms with Crippen molar-refractivity contribution < 1.29 is 4.74 Å². The molecule has 0 aromatic rings. The summed E-state index contributed by atoms with van der Waals surface area (Å²) in [6.07, 6.45) is 9.47. The molecule has 0 aromatic heterocycles. The summed E-state index contributed by atoms with van der Waals surface area (Å²) in [7, 11) is 1.79. The van der Waals surface area contributed by atoms with Crippen molar-refractivity contribution in [2.45, 2.75) is 63.2 Å². The standard InChI is InChI=1S/C14H29NOS/c1-3-10-15-13(7-6-11-16-2)12-17-14-8-4-5-9-14/h13-15H,3-12H2,1-2H3. The fourth-order valence-corrected chi connectivity index (χ4v) is 3.83. The second-order valence-corrected chi connectivity index (χ2v) is 6.36. The summed E-state index contributed by atoms with van der Waals surface area (Å²) in [5, 5.41) is 4.62. The quantitative estimate of drug-likeness (QED) is 0.607. The molecule has 0 saturated heterocycles. The van der Waals surface area contributed by atoms with E-state index in [1.165, 1.54) is 50.7 Å². The van der Waals surface area contributed by atoms with E-state index >= 15 is 0 Å². The highest BCUT2D eigenvalue weighted by Gasteiger charge is 2.17. The lowest BCUT2D eigenvalue weighted by Crippen LogP contribution is -2.32. The second kappa shape index (κ2) is 10.2. The highest BCUT2D eigenvalue weighted by atomic mass is 32.2. The third kappa shape index (κ3) is 7.32. The first kappa shape index (κ1) is 15.3. The Labute approximate surface area is 111 Å². The van der Waals surface area contributed by atoms with E-state index in [4.69, 9.17) is 4.74 Å². The maximum Gasteiger partial charge on any atom is 0.0462 e. The molecule has 1 N–H and O–H groups in total. The Hall–Kier alpha value is 0.270. The van der Waals surface area contributed by atoms with Crippen molar-refractivity contribution >= 4 is 11.8 Å². The largest absolute Gasteiger partial charge is 0.385 e. The van der Waals surface area contributed by atoms with Crippen LogP contribution in [0.15, 0.2) is 0 Å². The fraction of sp³-hybridized carbons (Fsp3) is 1.00. The van der Waals surface area contributed by atoms with E-state index in [1.54, 1.807) is 7.11 Å². The lowest BCUT2D eigenvalue weighted by atomic mass is 10.2. The monoisotopic (exact) mass is 259 g/mol. The van der Waals surface area contributed by atoms with Gasteiger partial charge in [0, 0.05) is 30.8 Å². The Morgan fingerprint density at radius 1 is 1.35 bits per heavy atom. The summed E-state index contributed by atoms with van der Waals surface area (Å²) in [5.74, 6) is 1.29. The molecule has 1 rings (SSSR count). The van der Waals surface area contributed by atoms with Gasteiger partial charge in [-0.05, 0) is 38.6 Å². The summed E-state index contributed by atoms with van der Waals surface area (Å²) >= 11 is 2.20. The zero-order chi connectivity index (χ0) is 12.3. The molecular formula is C14H29NOS. The molecule has 17 heavy (non-hydrogen) atoms. The van der Waals surface area contributed by atoms with Gasteiger partial charge in [-0.15, -0.1) is 0 Å². The molecule has 1 aliphatic carbocycles. The molecule has 0 bridgehead atoms. The van der Waals surface area contributed by atoms with Gasteiger partial charge < -0.3 is 10.1 Å². The minimum atomic E-state index is 0.690. The van der Waals surface area contributed by atoms with Crippen LogP contribution in [0.3, 0.4) is 0 Å². The summed E-state index contributed by atoms with van der Waals surface area (Å²) in [5.41, 5.74) is 0. The van der Waals surface area contributed by atoms with Gasteiger partial charge in [-0.25, -0.2) is 0 Å². The third-order valence-electron chi connectivity index (χ3n) is 3.42. The van der Waals surface area contributed by atoms with Gasteiger partial charge in [0.05, 0.1) is 0 Å². The molecule has 1 atom stereocenters. The zero-order valence-corrected chi connectivity index (χ0v) is 12.4. The van der Waals surface area contributed by atoms with Gasteiger partial charge in [0.25, 0.3) is 0 Å². The number of methoxy groups -OCH3 is 1. The van der Waals surface area contributed by atoms with Crippen LogP contribution < -0.4 is 5.32 Å². The van der Waals surface area contributed by atoms with E-state index in [1.807, 2.05) is 0 Å². The summed E-state index contributed by atoms with van der Waals surface area (Å²) in [6, 6.07) is 0.690. The van der Waals surface area contributed by atoms with Crippen molar-refractivity contribution in [3.8, 4) is 0 Å². The van der Waals surface area contributed by atoms with Gasteiger partial charge in [-0.3, -0.25) is 0 Å². The lowest BCUT2D eigenvalue weighted by Gasteiger charge is -2.20. The molecule has 2 nitrogen and oxygen atoms in total. The summed E-state index contributed by atoms with van der Waals surface area (Å²) < 4.78 is 5.14. The molecule has 1 aliphatic rings. The van der Waals surface area contributed by atoms with Crippen molar-refractivity contribution in [1.82, 2.24) is 5.32 Å². The van der Waals surface area contributed by atoms with Crippen LogP contribution in [0.25, 0.3) is 0 Å². The van der Waals surface area contributed by atoms with E-state index in [2.05, 4.69) is 24.0 Å². The van der Waals surface area contributed by atoms with Gasteiger partial charge >= 0.3 is 0 Å². The minimum Gasteiger partial charge on any atom is -0.385 e. The molecule has 0 radical (unpaired) electrons. The van der Waals surface area contributed by atoms with Crippen molar-refractivity contribution in [3.05, 3.63) is 0 Å². The van der Waals surface area contributed by atoms with Crippen LogP contribution in [-0.2, 0) is 4.74 Å². The van der Waals surface area contributed by atoms with Crippen molar-refractivity contribution in [3.63, 3.8) is 0 Å². The van der Waals surface area contributed by atoms with Crippen molar-refractivity contribution in [1.29, 1.82) is 0 Å². The van der Waals surface area contributed by atoms with E-state index in [0.717, 1.165) is 18.4 Å². The van der Waals surface area contributed by atoms with Crippen LogP contribution in [0.2, 0.25) is 0 Å². The van der Waals surface area contributed by atoms with Crippen LogP contribution in [0, 0.1) is 0 Å². The number of rotatable bonds is 10. The van der Waals surface area contributed by atoms with Crippen molar-refractivity contribution in [2.24, 2.45) is 0 Å². The Balaban J connectivity index is 2.13. The number of thioether (sulfide) groups is 1. The summed E-state index contributed by atoms with van der Waals surface area (Å²) in [6.45, 7) is 4.30. The second-order valence-electron chi connectivity index (χ2n) is 5.03. The van der Waals surface area contributed by atoms with E-state index in [0.29, 0.717) is 6.04 Å². The predicted molar refractivity (Wildman–Crippen MR) is 77.9 cm³/mol. The molecular weight excluding hydrogens is 230 g/mol. The smallest absolute Gasteiger partial charge is 0.0462 e. The molecule has 3 heteroatoms. The van der Waals surface area contributed by atoms with Gasteiger partial charge in [-0.2, -0.15) is 11.8 Å². The first-order valence-corrected chi connectivity index (χ1v) is 8.25. The van der Waals surface area contributed by atoms with E-state index in [-0.39, 0.29) is 0 Å². The Morgan fingerprint density at radius 2 is 2.12 bits per heavy atom. The summed E-state index contributed by atoms with van der Waals surface area (Å²) in [4.78, 5) is 0. The number of nitrogens with one attached hydrogen (secondary N) is 1. The average Bonchev–Trinajstić information content (AvgIpc) is 2.85. The third-order valence-corrected chi connectivity index (χ3v) is 4.96. The maximum absolute atomic E-state index is 5.14. The van der Waals surface area contributed by atoms with Gasteiger partial charge in [0.1, 0.15) is 0 Å². The molecule has 1 fully saturated rings. The van der Waals surface area contributed by atoms with Crippen LogP contribution in [0.4, 0.5) is 0 Å². The molecule has 102 valence electrons. The molecule has 1 unspecified atom stereocenters. The number of hydrogen-bond acceptors (Lipinski definition) is 3. The highest BCUT2D eigenvalue weighted by Crippen LogP contribution is 2.30. The first-order valence-electron chi connectivity index (χ1n) is 7.20. The van der Waals surface area contributed by atoms with E-state index < -0.39 is 0 Å². The lowest BCUT2D eigenvalue weighted by molar-refractivity contribution is 0.189. The van der Waals surface area contributed by atoms with Crippen LogP contribution in [-0.4, -0.2) is 37.3 Å². The van der Waals surface area contributed by atoms with Gasteiger partial charge in [0.15, 0.2) is 0 Å². The van der Waals surface area contributed by atoms with E-state index in [9.17, 15) is 0 Å². The van der Waals surface area contributed by atoms with Gasteiger partial charge in [0.2, 0.25) is 0 Å².